The fraction of sp³-hybridized carbons (Fsp3) is 0.615. The van der Waals surface area contributed by atoms with E-state index in [0.29, 0.717) is 6.10 Å². The van der Waals surface area contributed by atoms with Gasteiger partial charge in [0.2, 0.25) is 0 Å². The minimum atomic E-state index is 0.253. The molecule has 2 aliphatic rings. The zero-order valence-corrected chi connectivity index (χ0v) is 11.6. The Hall–Kier alpha value is -1.27. The van der Waals surface area contributed by atoms with E-state index in [1.165, 1.54) is 12.8 Å². The summed E-state index contributed by atoms with van der Waals surface area (Å²) in [7, 11) is 0. The lowest BCUT2D eigenvalue weighted by atomic mass is 10.1. The fourth-order valence-electron chi connectivity index (χ4n) is 2.80. The van der Waals surface area contributed by atoms with Gasteiger partial charge in [-0.3, -0.25) is 0 Å². The van der Waals surface area contributed by atoms with Gasteiger partial charge in [0, 0.05) is 13.1 Å². The molecular formula is C13H16N4OS. The molecule has 2 fully saturated rings. The average molecular weight is 276 g/mol. The molecule has 100 valence electrons. The summed E-state index contributed by atoms with van der Waals surface area (Å²) >= 11 is 1.57. The normalized spacial score (nSPS) is 27.9. The molecule has 2 aromatic rings. The molecule has 3 heterocycles. The highest BCUT2D eigenvalue weighted by Gasteiger charge is 2.38. The largest absolute Gasteiger partial charge is 0.371 e. The topological polar surface area (TPSA) is 51.1 Å². The van der Waals surface area contributed by atoms with Crippen LogP contribution in [-0.2, 0) is 4.74 Å². The molecule has 0 radical (unpaired) electrons. The molecule has 5 nitrogen and oxygen atoms in total. The predicted octanol–water partition coefficient (Wildman–Crippen LogP) is 2.09. The Morgan fingerprint density at radius 3 is 3.00 bits per heavy atom. The van der Waals surface area contributed by atoms with Gasteiger partial charge in [0.15, 0.2) is 5.82 Å². The summed E-state index contributed by atoms with van der Waals surface area (Å²) < 4.78 is 6.05. The lowest BCUT2D eigenvalue weighted by Gasteiger charge is -2.37. The summed E-state index contributed by atoms with van der Waals surface area (Å²) in [6, 6.07) is 0. The monoisotopic (exact) mass is 276 g/mol. The second-order valence-corrected chi connectivity index (χ2v) is 6.26. The van der Waals surface area contributed by atoms with Crippen molar-refractivity contribution in [2.45, 2.75) is 32.0 Å². The second kappa shape index (κ2) is 4.38. The van der Waals surface area contributed by atoms with Crippen molar-refractivity contribution in [2.75, 3.05) is 18.0 Å². The van der Waals surface area contributed by atoms with Gasteiger partial charge in [0.25, 0.3) is 0 Å². The Balaban J connectivity index is 1.68. The van der Waals surface area contributed by atoms with Crippen molar-refractivity contribution >= 4 is 27.5 Å². The number of morpholine rings is 1. The maximum Gasteiger partial charge on any atom is 0.159 e. The first-order valence-corrected chi connectivity index (χ1v) is 7.64. The zero-order valence-electron chi connectivity index (χ0n) is 10.8. The van der Waals surface area contributed by atoms with Crippen LogP contribution in [0, 0.1) is 5.92 Å². The summed E-state index contributed by atoms with van der Waals surface area (Å²) in [5.74, 6) is 1.71. The number of aromatic nitrogens is 3. The summed E-state index contributed by atoms with van der Waals surface area (Å²) in [6.07, 6.45) is 4.86. The molecule has 0 N–H and O–H groups in total. The van der Waals surface area contributed by atoms with Crippen molar-refractivity contribution in [3.63, 3.8) is 0 Å². The predicted molar refractivity (Wildman–Crippen MR) is 74.5 cm³/mol. The number of hydrogen-bond donors (Lipinski definition) is 0. The van der Waals surface area contributed by atoms with E-state index >= 15 is 0 Å². The van der Waals surface area contributed by atoms with Crippen molar-refractivity contribution < 1.29 is 4.74 Å². The van der Waals surface area contributed by atoms with Crippen molar-refractivity contribution in [3.05, 3.63) is 11.8 Å². The van der Waals surface area contributed by atoms with E-state index in [0.717, 1.165) is 35.2 Å². The number of anilines is 1. The summed E-state index contributed by atoms with van der Waals surface area (Å²) in [6.45, 7) is 3.95. The minimum Gasteiger partial charge on any atom is -0.371 e. The van der Waals surface area contributed by atoms with Crippen LogP contribution in [0.5, 0.6) is 0 Å². The van der Waals surface area contributed by atoms with Gasteiger partial charge in [-0.1, -0.05) is 0 Å². The molecule has 1 saturated heterocycles. The Kier molecular flexibility index (Phi) is 2.66. The lowest BCUT2D eigenvalue weighted by Crippen LogP contribution is -2.48. The SMILES string of the molecule is C[C@H]1CN(c2ncnc3scnc23)C[C@@H](C2CC2)O1. The van der Waals surface area contributed by atoms with Crippen LogP contribution < -0.4 is 4.90 Å². The van der Waals surface area contributed by atoms with Gasteiger partial charge in [0.1, 0.15) is 16.7 Å². The molecule has 1 aliphatic heterocycles. The van der Waals surface area contributed by atoms with Crippen LogP contribution in [0.15, 0.2) is 11.8 Å². The quantitative estimate of drug-likeness (QED) is 0.840. The Labute approximate surface area is 115 Å². The highest BCUT2D eigenvalue weighted by Crippen LogP contribution is 2.38. The zero-order chi connectivity index (χ0) is 12.8. The van der Waals surface area contributed by atoms with Gasteiger partial charge < -0.3 is 9.64 Å². The first-order valence-electron chi connectivity index (χ1n) is 6.76. The second-order valence-electron chi connectivity index (χ2n) is 5.43. The molecule has 19 heavy (non-hydrogen) atoms. The van der Waals surface area contributed by atoms with Gasteiger partial charge in [-0.25, -0.2) is 15.0 Å². The molecule has 6 heteroatoms. The van der Waals surface area contributed by atoms with Gasteiger partial charge in [-0.15, -0.1) is 11.3 Å². The number of thiazole rings is 1. The molecular weight excluding hydrogens is 260 g/mol. The molecule has 0 amide bonds. The first-order chi connectivity index (χ1) is 9.31. The molecule has 2 aromatic heterocycles. The van der Waals surface area contributed by atoms with Crippen LogP contribution >= 0.6 is 11.3 Å². The van der Waals surface area contributed by atoms with Crippen LogP contribution in [0.3, 0.4) is 0 Å². The van der Waals surface area contributed by atoms with E-state index in [1.807, 2.05) is 5.51 Å². The van der Waals surface area contributed by atoms with Crippen LogP contribution in [0.25, 0.3) is 10.3 Å². The number of nitrogens with zero attached hydrogens (tertiary/aromatic N) is 4. The number of fused-ring (bicyclic) bond motifs is 1. The van der Waals surface area contributed by atoms with E-state index in [2.05, 4.69) is 26.8 Å². The Morgan fingerprint density at radius 1 is 1.26 bits per heavy atom. The smallest absolute Gasteiger partial charge is 0.159 e. The van der Waals surface area contributed by atoms with E-state index in [9.17, 15) is 0 Å². The molecule has 1 aliphatic carbocycles. The van der Waals surface area contributed by atoms with Gasteiger partial charge >= 0.3 is 0 Å². The van der Waals surface area contributed by atoms with Crippen molar-refractivity contribution in [1.82, 2.24) is 15.0 Å². The summed E-state index contributed by atoms with van der Waals surface area (Å²) in [5, 5.41) is 0. The van der Waals surface area contributed by atoms with Crippen LogP contribution in [0.4, 0.5) is 5.82 Å². The third-order valence-corrected chi connectivity index (χ3v) is 4.58. The highest BCUT2D eigenvalue weighted by molar-refractivity contribution is 7.16. The Morgan fingerprint density at radius 2 is 2.16 bits per heavy atom. The first kappa shape index (κ1) is 11.5. The maximum atomic E-state index is 6.05. The standard InChI is InChI=1S/C13H16N4OS/c1-8-4-17(5-10(18-8)9-2-3-9)12-11-13(15-6-14-12)19-7-16-11/h6-10H,2-5H2,1H3/t8-,10-/m0/s1. The van der Waals surface area contributed by atoms with Crippen molar-refractivity contribution in [2.24, 2.45) is 5.92 Å². The molecule has 0 bridgehead atoms. The van der Waals surface area contributed by atoms with E-state index in [1.54, 1.807) is 17.7 Å². The molecule has 4 rings (SSSR count). The molecule has 0 spiro atoms. The van der Waals surface area contributed by atoms with E-state index in [4.69, 9.17) is 4.74 Å². The summed E-state index contributed by atoms with van der Waals surface area (Å²) in [5.41, 5.74) is 2.77. The van der Waals surface area contributed by atoms with Gasteiger partial charge in [0.05, 0.1) is 17.7 Å². The third-order valence-electron chi connectivity index (χ3n) is 3.85. The van der Waals surface area contributed by atoms with Crippen LogP contribution in [0.2, 0.25) is 0 Å². The van der Waals surface area contributed by atoms with Crippen molar-refractivity contribution in [3.8, 4) is 0 Å². The third kappa shape index (κ3) is 2.08. The molecule has 2 atom stereocenters. The average Bonchev–Trinajstić information content (AvgIpc) is 3.15. The van der Waals surface area contributed by atoms with E-state index < -0.39 is 0 Å². The highest BCUT2D eigenvalue weighted by atomic mass is 32.1. The van der Waals surface area contributed by atoms with E-state index in [-0.39, 0.29) is 6.10 Å². The van der Waals surface area contributed by atoms with Gasteiger partial charge in [-0.05, 0) is 25.7 Å². The number of hydrogen-bond acceptors (Lipinski definition) is 6. The number of rotatable bonds is 2. The molecule has 0 unspecified atom stereocenters. The van der Waals surface area contributed by atoms with Crippen LogP contribution in [0.1, 0.15) is 19.8 Å². The minimum absolute atomic E-state index is 0.253. The Bertz CT molecular complexity index is 597. The number of ether oxygens (including phenoxy) is 1. The van der Waals surface area contributed by atoms with Crippen molar-refractivity contribution in [1.29, 1.82) is 0 Å². The lowest BCUT2D eigenvalue weighted by molar-refractivity contribution is -0.0272. The van der Waals surface area contributed by atoms with Crippen LogP contribution in [-0.4, -0.2) is 40.2 Å². The fourth-order valence-corrected chi connectivity index (χ4v) is 3.42. The molecule has 0 aromatic carbocycles. The molecule has 1 saturated carbocycles. The summed E-state index contributed by atoms with van der Waals surface area (Å²) in [4.78, 5) is 16.4. The maximum absolute atomic E-state index is 6.05. The van der Waals surface area contributed by atoms with Gasteiger partial charge in [-0.2, -0.15) is 0 Å².